The summed E-state index contributed by atoms with van der Waals surface area (Å²) in [5.41, 5.74) is -1.05. The van der Waals surface area contributed by atoms with Crippen LogP contribution in [0.5, 0.6) is 0 Å². The highest BCUT2D eigenvalue weighted by atomic mass is 16.7. The van der Waals surface area contributed by atoms with Gasteiger partial charge in [-0.1, -0.05) is 38.8 Å². The van der Waals surface area contributed by atoms with Crippen LogP contribution in [0.1, 0.15) is 59.3 Å². The first-order valence-electron chi connectivity index (χ1n) is 11.8. The minimum Gasteiger partial charge on any atom is -0.393 e. The molecule has 1 aliphatic heterocycles. The van der Waals surface area contributed by atoms with Crippen LogP contribution in [-0.2, 0) is 19.1 Å². The normalized spacial score (nSPS) is 50.4. The van der Waals surface area contributed by atoms with Gasteiger partial charge < -0.3 is 19.7 Å². The number of carbonyl (C=O) groups is 2. The van der Waals surface area contributed by atoms with Crippen molar-refractivity contribution in [3.8, 4) is 0 Å². The molecule has 5 aliphatic rings. The Kier molecular flexibility index (Phi) is 4.91. The average Bonchev–Trinajstić information content (AvgIpc) is 3.20. The Bertz CT molecular complexity index is 862. The van der Waals surface area contributed by atoms with E-state index in [0.717, 1.165) is 24.8 Å². The molecule has 2 N–H and O–H groups in total. The van der Waals surface area contributed by atoms with E-state index in [0.29, 0.717) is 19.3 Å². The maximum Gasteiger partial charge on any atom is 0.193 e. The zero-order valence-electron chi connectivity index (χ0n) is 18.7. The molecule has 0 amide bonds. The molecule has 0 radical (unpaired) electrons. The van der Waals surface area contributed by atoms with Crippen molar-refractivity contribution in [2.45, 2.75) is 83.4 Å². The van der Waals surface area contributed by atoms with Gasteiger partial charge >= 0.3 is 0 Å². The van der Waals surface area contributed by atoms with Gasteiger partial charge in [0.2, 0.25) is 0 Å². The van der Waals surface area contributed by atoms with Crippen LogP contribution in [0.3, 0.4) is 0 Å². The fourth-order valence-electron chi connectivity index (χ4n) is 8.12. The minimum atomic E-state index is -1.20. The summed E-state index contributed by atoms with van der Waals surface area (Å²) in [5.74, 6) is 0.0274. The van der Waals surface area contributed by atoms with E-state index in [-0.39, 0.29) is 34.7 Å². The summed E-state index contributed by atoms with van der Waals surface area (Å²) in [6.45, 7) is 5.67. The Labute approximate surface area is 183 Å². The number of hydrogen-bond acceptors (Lipinski definition) is 6. The van der Waals surface area contributed by atoms with Crippen LogP contribution in [0.4, 0.5) is 0 Å². The molecule has 0 aromatic carbocycles. The molecule has 4 aliphatic carbocycles. The lowest BCUT2D eigenvalue weighted by Gasteiger charge is -2.59. The molecular weight excluding hydrogens is 396 g/mol. The highest BCUT2D eigenvalue weighted by molar-refractivity contribution is 6.01. The maximum absolute atomic E-state index is 13.2. The Hall–Kier alpha value is -1.34. The second-order valence-electron chi connectivity index (χ2n) is 10.7. The van der Waals surface area contributed by atoms with Crippen molar-refractivity contribution in [1.82, 2.24) is 0 Å². The second kappa shape index (κ2) is 7.08. The van der Waals surface area contributed by atoms with Crippen molar-refractivity contribution in [1.29, 1.82) is 0 Å². The molecule has 6 nitrogen and oxygen atoms in total. The molecule has 170 valence electrons. The molecule has 0 bridgehead atoms. The highest BCUT2D eigenvalue weighted by Crippen LogP contribution is 2.69. The molecular formula is C25H34O6. The number of fused-ring (bicyclic) bond motifs is 7. The summed E-state index contributed by atoms with van der Waals surface area (Å²) in [4.78, 5) is 25.2. The summed E-state index contributed by atoms with van der Waals surface area (Å²) < 4.78 is 12.7. The lowest BCUT2D eigenvalue weighted by Crippen LogP contribution is -2.63. The lowest BCUT2D eigenvalue weighted by molar-refractivity contribution is -0.200. The van der Waals surface area contributed by atoms with E-state index in [1.54, 1.807) is 12.2 Å². The van der Waals surface area contributed by atoms with Gasteiger partial charge in [-0.25, -0.2) is 0 Å². The Morgan fingerprint density at radius 3 is 2.81 bits per heavy atom. The van der Waals surface area contributed by atoms with Crippen molar-refractivity contribution >= 4 is 11.6 Å². The summed E-state index contributed by atoms with van der Waals surface area (Å²) in [7, 11) is 0. The van der Waals surface area contributed by atoms with Gasteiger partial charge in [-0.15, -0.1) is 0 Å². The standard InChI is InChI=1S/C25H34O6/c1-4-5-21-30-20-11-17-16-7-6-14-10-15(27)8-9-23(14,2)22(16)18(28)12-24(17,3)25(20,31-21)19(29)13-26/h8-10,16-18,20-22,26,28H,4-7,11-13H2,1-3H3/t16-,17-,18?,20?,21+,22-,23-,24-,25-/m0/s1. The van der Waals surface area contributed by atoms with Crippen LogP contribution < -0.4 is 0 Å². The van der Waals surface area contributed by atoms with Crippen molar-refractivity contribution in [2.75, 3.05) is 6.61 Å². The maximum atomic E-state index is 13.2. The van der Waals surface area contributed by atoms with Gasteiger partial charge in [0, 0.05) is 16.7 Å². The molecule has 31 heavy (non-hydrogen) atoms. The monoisotopic (exact) mass is 430 g/mol. The summed E-state index contributed by atoms with van der Waals surface area (Å²) in [5, 5.41) is 21.4. The predicted molar refractivity (Wildman–Crippen MR) is 113 cm³/mol. The van der Waals surface area contributed by atoms with E-state index in [4.69, 9.17) is 9.47 Å². The van der Waals surface area contributed by atoms with Gasteiger partial charge in [0.25, 0.3) is 0 Å². The van der Waals surface area contributed by atoms with Crippen LogP contribution in [-0.4, -0.2) is 52.5 Å². The number of rotatable bonds is 4. The second-order valence-corrected chi connectivity index (χ2v) is 10.7. The number of hydrogen-bond donors (Lipinski definition) is 2. The van der Waals surface area contributed by atoms with Gasteiger partial charge in [-0.05, 0) is 56.1 Å². The fourth-order valence-corrected chi connectivity index (χ4v) is 8.12. The van der Waals surface area contributed by atoms with Crippen molar-refractivity contribution in [3.05, 3.63) is 23.8 Å². The van der Waals surface area contributed by atoms with E-state index in [9.17, 15) is 19.8 Å². The van der Waals surface area contributed by atoms with Crippen LogP contribution in [0, 0.1) is 28.6 Å². The third-order valence-corrected chi connectivity index (χ3v) is 9.37. The minimum absolute atomic E-state index is 0.0125. The Morgan fingerprint density at radius 2 is 2.10 bits per heavy atom. The SMILES string of the molecule is CCC[C@@H]1OC2C[C@H]3[C@@H]4CCC5=CC(=O)C=C[C@]5(C)[C@@H]4C(O)C[C@]3(C)[C@@]2(C(=O)CO)O1. The fraction of sp³-hybridized carbons (Fsp3) is 0.760. The molecule has 0 aromatic rings. The molecule has 1 saturated heterocycles. The average molecular weight is 431 g/mol. The van der Waals surface area contributed by atoms with Gasteiger partial charge in [-0.3, -0.25) is 9.59 Å². The molecule has 5 rings (SSSR count). The van der Waals surface area contributed by atoms with Gasteiger partial charge in [0.1, 0.15) is 6.61 Å². The first kappa shape index (κ1) is 21.5. The number of allylic oxidation sites excluding steroid dienone is 4. The molecule has 1 heterocycles. The number of carbonyl (C=O) groups excluding carboxylic acids is 2. The predicted octanol–water partition coefficient (Wildman–Crippen LogP) is 2.72. The topological polar surface area (TPSA) is 93.1 Å². The molecule has 0 aromatic heterocycles. The van der Waals surface area contributed by atoms with E-state index in [2.05, 4.69) is 20.8 Å². The van der Waals surface area contributed by atoms with Gasteiger partial charge in [0.05, 0.1) is 12.2 Å². The number of ketones is 2. The van der Waals surface area contributed by atoms with Crippen LogP contribution >= 0.6 is 0 Å². The van der Waals surface area contributed by atoms with Gasteiger partial charge in [0.15, 0.2) is 23.5 Å². The molecule has 3 saturated carbocycles. The number of aliphatic hydroxyl groups is 2. The number of aliphatic hydroxyl groups excluding tert-OH is 2. The summed E-state index contributed by atoms with van der Waals surface area (Å²) in [6, 6.07) is 0. The quantitative estimate of drug-likeness (QED) is 0.712. The van der Waals surface area contributed by atoms with E-state index >= 15 is 0 Å². The molecule has 9 atom stereocenters. The van der Waals surface area contributed by atoms with E-state index in [1.165, 1.54) is 0 Å². The third kappa shape index (κ3) is 2.65. The Balaban J connectivity index is 1.55. The summed E-state index contributed by atoms with van der Waals surface area (Å²) in [6.07, 6.45) is 8.31. The summed E-state index contributed by atoms with van der Waals surface area (Å²) >= 11 is 0. The Morgan fingerprint density at radius 1 is 1.32 bits per heavy atom. The number of Topliss-reactive ketones (excluding diaryl/α,β-unsaturated/α-hetero) is 1. The van der Waals surface area contributed by atoms with Crippen LogP contribution in [0.15, 0.2) is 23.8 Å². The van der Waals surface area contributed by atoms with Crippen LogP contribution in [0.2, 0.25) is 0 Å². The molecule has 4 fully saturated rings. The van der Waals surface area contributed by atoms with Crippen molar-refractivity contribution in [2.24, 2.45) is 28.6 Å². The molecule has 2 unspecified atom stereocenters. The van der Waals surface area contributed by atoms with E-state index < -0.39 is 36.1 Å². The third-order valence-electron chi connectivity index (χ3n) is 9.37. The van der Waals surface area contributed by atoms with E-state index in [1.807, 2.05) is 6.08 Å². The lowest BCUT2D eigenvalue weighted by atomic mass is 9.46. The first-order valence-corrected chi connectivity index (χ1v) is 11.8. The highest BCUT2D eigenvalue weighted by Gasteiger charge is 2.75. The first-order chi connectivity index (χ1) is 14.7. The largest absolute Gasteiger partial charge is 0.393 e. The van der Waals surface area contributed by atoms with Gasteiger partial charge in [-0.2, -0.15) is 0 Å². The molecule has 6 heteroatoms. The smallest absolute Gasteiger partial charge is 0.193 e. The zero-order chi connectivity index (χ0) is 22.2. The molecule has 0 spiro atoms. The zero-order valence-corrected chi connectivity index (χ0v) is 18.7. The van der Waals surface area contributed by atoms with Crippen molar-refractivity contribution in [3.63, 3.8) is 0 Å². The van der Waals surface area contributed by atoms with Crippen LogP contribution in [0.25, 0.3) is 0 Å². The van der Waals surface area contributed by atoms with Crippen molar-refractivity contribution < 1.29 is 29.3 Å². The number of ether oxygens (including phenoxy) is 2.